The molecule has 1 fully saturated rings. The van der Waals surface area contributed by atoms with Gasteiger partial charge in [-0.2, -0.15) is 0 Å². The van der Waals surface area contributed by atoms with Crippen LogP contribution >= 0.6 is 0 Å². The maximum atomic E-state index is 12.7. The summed E-state index contributed by atoms with van der Waals surface area (Å²) in [5, 5.41) is 0. The van der Waals surface area contributed by atoms with Gasteiger partial charge in [-0.05, 0) is 44.0 Å². The van der Waals surface area contributed by atoms with Crippen molar-refractivity contribution in [2.24, 2.45) is 0 Å². The molecule has 7 nitrogen and oxygen atoms in total. The summed E-state index contributed by atoms with van der Waals surface area (Å²) in [5.41, 5.74) is 3.56. The molecule has 1 amide bonds. The SMILES string of the molecule is Cc1cc(C)c(S(=O)(=O)NCCC(=O)N2CCN(c3ccncc3)CC2)c(C)c1. The summed E-state index contributed by atoms with van der Waals surface area (Å²) in [5.74, 6) is -0.0283. The van der Waals surface area contributed by atoms with E-state index in [0.717, 1.165) is 24.3 Å². The summed E-state index contributed by atoms with van der Waals surface area (Å²) in [6, 6.07) is 7.63. The molecule has 0 aliphatic carbocycles. The Balaban J connectivity index is 1.51. The molecule has 2 aromatic rings. The number of pyridine rings is 1. The lowest BCUT2D eigenvalue weighted by atomic mass is 10.1. The average molecular weight is 417 g/mol. The molecule has 0 unspecified atom stereocenters. The van der Waals surface area contributed by atoms with E-state index in [1.165, 1.54) is 0 Å². The highest BCUT2D eigenvalue weighted by Crippen LogP contribution is 2.21. The highest BCUT2D eigenvalue weighted by atomic mass is 32.2. The molecule has 0 radical (unpaired) electrons. The third-order valence-corrected chi connectivity index (χ3v) is 6.93. The molecule has 0 spiro atoms. The largest absolute Gasteiger partial charge is 0.368 e. The first kappa shape index (κ1) is 21.3. The fourth-order valence-corrected chi connectivity index (χ4v) is 5.36. The third kappa shape index (κ3) is 5.13. The lowest BCUT2D eigenvalue weighted by Crippen LogP contribution is -2.49. The van der Waals surface area contributed by atoms with E-state index < -0.39 is 10.0 Å². The number of nitrogens with one attached hydrogen (secondary N) is 1. The highest BCUT2D eigenvalue weighted by molar-refractivity contribution is 7.89. The van der Waals surface area contributed by atoms with Gasteiger partial charge in [0.15, 0.2) is 0 Å². The van der Waals surface area contributed by atoms with Gasteiger partial charge in [0, 0.05) is 57.2 Å². The first-order valence-electron chi connectivity index (χ1n) is 9.78. The van der Waals surface area contributed by atoms with Crippen LogP contribution in [0.2, 0.25) is 0 Å². The predicted molar refractivity (Wildman–Crippen MR) is 113 cm³/mol. The Hall–Kier alpha value is -2.45. The first-order chi connectivity index (χ1) is 13.8. The normalized spacial score (nSPS) is 14.9. The number of benzene rings is 1. The van der Waals surface area contributed by atoms with Crippen LogP contribution in [0.1, 0.15) is 23.1 Å². The molecule has 1 N–H and O–H groups in total. The molecule has 3 rings (SSSR count). The maximum Gasteiger partial charge on any atom is 0.241 e. The number of hydrogen-bond acceptors (Lipinski definition) is 5. The van der Waals surface area contributed by atoms with E-state index in [9.17, 15) is 13.2 Å². The number of carbonyl (C=O) groups excluding carboxylic acids is 1. The molecule has 1 aliphatic heterocycles. The van der Waals surface area contributed by atoms with Gasteiger partial charge in [0.05, 0.1) is 4.90 Å². The number of sulfonamides is 1. The van der Waals surface area contributed by atoms with Crippen LogP contribution in [0.5, 0.6) is 0 Å². The molecule has 29 heavy (non-hydrogen) atoms. The van der Waals surface area contributed by atoms with Crippen molar-refractivity contribution in [3.05, 3.63) is 53.3 Å². The first-order valence-corrected chi connectivity index (χ1v) is 11.3. The topological polar surface area (TPSA) is 82.6 Å². The van der Waals surface area contributed by atoms with E-state index in [2.05, 4.69) is 14.6 Å². The molecule has 8 heteroatoms. The Labute approximate surface area is 172 Å². The van der Waals surface area contributed by atoms with Gasteiger partial charge >= 0.3 is 0 Å². The zero-order valence-corrected chi connectivity index (χ0v) is 18.0. The summed E-state index contributed by atoms with van der Waals surface area (Å²) < 4.78 is 28.0. The lowest BCUT2D eigenvalue weighted by molar-refractivity contribution is -0.131. The monoisotopic (exact) mass is 416 g/mol. The van der Waals surface area contributed by atoms with Crippen molar-refractivity contribution in [3.8, 4) is 0 Å². The van der Waals surface area contributed by atoms with Crippen molar-refractivity contribution in [1.82, 2.24) is 14.6 Å². The number of nitrogens with zero attached hydrogens (tertiary/aromatic N) is 3. The van der Waals surface area contributed by atoms with E-state index in [0.29, 0.717) is 29.1 Å². The zero-order chi connectivity index (χ0) is 21.0. The molecule has 0 bridgehead atoms. The summed E-state index contributed by atoms with van der Waals surface area (Å²) in [6.07, 6.45) is 3.67. The summed E-state index contributed by atoms with van der Waals surface area (Å²) in [6.45, 7) is 8.39. The van der Waals surface area contributed by atoms with Gasteiger partial charge in [-0.15, -0.1) is 0 Å². The maximum absolute atomic E-state index is 12.7. The molecule has 2 heterocycles. The zero-order valence-electron chi connectivity index (χ0n) is 17.2. The van der Waals surface area contributed by atoms with Gasteiger partial charge in [0.2, 0.25) is 15.9 Å². The van der Waals surface area contributed by atoms with Crippen molar-refractivity contribution in [3.63, 3.8) is 0 Å². The quantitative estimate of drug-likeness (QED) is 0.779. The van der Waals surface area contributed by atoms with Gasteiger partial charge in [-0.3, -0.25) is 9.78 Å². The van der Waals surface area contributed by atoms with E-state index in [1.807, 2.05) is 31.2 Å². The highest BCUT2D eigenvalue weighted by Gasteiger charge is 2.23. The van der Waals surface area contributed by atoms with Gasteiger partial charge in [-0.1, -0.05) is 17.7 Å². The van der Waals surface area contributed by atoms with Gasteiger partial charge in [0.25, 0.3) is 0 Å². The van der Waals surface area contributed by atoms with E-state index >= 15 is 0 Å². The summed E-state index contributed by atoms with van der Waals surface area (Å²) >= 11 is 0. The Morgan fingerprint density at radius 3 is 2.21 bits per heavy atom. The molecule has 1 aliphatic rings. The van der Waals surface area contributed by atoms with Crippen molar-refractivity contribution in [2.45, 2.75) is 32.1 Å². The number of aromatic nitrogens is 1. The van der Waals surface area contributed by atoms with Crippen molar-refractivity contribution >= 4 is 21.6 Å². The smallest absolute Gasteiger partial charge is 0.241 e. The Bertz CT molecular complexity index is 946. The molecule has 0 atom stereocenters. The molecule has 1 aromatic heterocycles. The fourth-order valence-electron chi connectivity index (χ4n) is 3.88. The van der Waals surface area contributed by atoms with E-state index in [4.69, 9.17) is 0 Å². The number of piperazine rings is 1. The summed E-state index contributed by atoms with van der Waals surface area (Å²) in [7, 11) is -3.64. The van der Waals surface area contributed by atoms with Crippen LogP contribution in [0.3, 0.4) is 0 Å². The van der Waals surface area contributed by atoms with E-state index in [-0.39, 0.29) is 18.9 Å². The molecular weight excluding hydrogens is 388 g/mol. The standard InChI is InChI=1S/C21H28N4O3S/c1-16-14-17(2)21(18(3)15-16)29(27,28)23-9-6-20(26)25-12-10-24(11-13-25)19-4-7-22-8-5-19/h4-5,7-8,14-15,23H,6,9-13H2,1-3H3. The van der Waals surface area contributed by atoms with Crippen LogP contribution < -0.4 is 9.62 Å². The van der Waals surface area contributed by atoms with Crippen molar-refractivity contribution < 1.29 is 13.2 Å². The minimum absolute atomic E-state index is 0.0283. The minimum atomic E-state index is -3.64. The second kappa shape index (κ2) is 8.92. The Morgan fingerprint density at radius 2 is 1.62 bits per heavy atom. The van der Waals surface area contributed by atoms with Crippen LogP contribution in [0.15, 0.2) is 41.6 Å². The minimum Gasteiger partial charge on any atom is -0.368 e. The Kier molecular flexibility index (Phi) is 6.54. The number of hydrogen-bond donors (Lipinski definition) is 1. The van der Waals surface area contributed by atoms with E-state index in [1.54, 1.807) is 31.1 Å². The van der Waals surface area contributed by atoms with Gasteiger partial charge in [0.1, 0.15) is 0 Å². The Morgan fingerprint density at radius 1 is 1.03 bits per heavy atom. The molecular formula is C21H28N4O3S. The van der Waals surface area contributed by atoms with Crippen molar-refractivity contribution in [1.29, 1.82) is 0 Å². The van der Waals surface area contributed by atoms with Gasteiger partial charge < -0.3 is 9.80 Å². The van der Waals surface area contributed by atoms with Crippen LogP contribution in [-0.2, 0) is 14.8 Å². The second-order valence-electron chi connectivity index (χ2n) is 7.45. The molecule has 1 aromatic carbocycles. The molecule has 0 saturated carbocycles. The number of aryl methyl sites for hydroxylation is 3. The summed E-state index contributed by atoms with van der Waals surface area (Å²) in [4.78, 5) is 20.9. The lowest BCUT2D eigenvalue weighted by Gasteiger charge is -2.36. The molecule has 1 saturated heterocycles. The third-order valence-electron chi connectivity index (χ3n) is 5.16. The number of rotatable bonds is 6. The van der Waals surface area contributed by atoms with Gasteiger partial charge in [-0.25, -0.2) is 13.1 Å². The molecule has 156 valence electrons. The predicted octanol–water partition coefficient (Wildman–Crippen LogP) is 2.02. The number of amides is 1. The average Bonchev–Trinajstić information content (AvgIpc) is 2.67. The fraction of sp³-hybridized carbons (Fsp3) is 0.429. The van der Waals surface area contributed by atoms with Crippen LogP contribution in [0, 0.1) is 20.8 Å². The van der Waals surface area contributed by atoms with Crippen molar-refractivity contribution in [2.75, 3.05) is 37.6 Å². The number of anilines is 1. The van der Waals surface area contributed by atoms with Crippen LogP contribution in [0.4, 0.5) is 5.69 Å². The van der Waals surface area contributed by atoms with Crippen LogP contribution in [0.25, 0.3) is 0 Å². The second-order valence-corrected chi connectivity index (χ2v) is 9.15. The number of carbonyl (C=O) groups is 1. The van der Waals surface area contributed by atoms with Crippen LogP contribution in [-0.4, -0.2) is 56.9 Å².